The summed E-state index contributed by atoms with van der Waals surface area (Å²) in [6, 6.07) is 10.3. The lowest BCUT2D eigenvalue weighted by Crippen LogP contribution is -2.24. The van der Waals surface area contributed by atoms with Crippen molar-refractivity contribution in [1.82, 2.24) is 5.32 Å². The number of hydrogen-bond acceptors (Lipinski definition) is 4. The zero-order valence-corrected chi connectivity index (χ0v) is 12.9. The van der Waals surface area contributed by atoms with Crippen molar-refractivity contribution in [2.45, 2.75) is 6.61 Å². The maximum Gasteiger partial charge on any atom is 0.407 e. The second-order valence-electron chi connectivity index (χ2n) is 4.93. The second kappa shape index (κ2) is 8.53. The summed E-state index contributed by atoms with van der Waals surface area (Å²) >= 11 is 0. The fraction of sp³-hybridized carbons (Fsp3) is 0.118. The van der Waals surface area contributed by atoms with Crippen LogP contribution in [0.25, 0.3) is 6.08 Å². The van der Waals surface area contributed by atoms with E-state index in [0.717, 1.165) is 11.6 Å². The predicted octanol–water partition coefficient (Wildman–Crippen LogP) is 3.81. The van der Waals surface area contributed by atoms with Crippen LogP contribution in [0.5, 0.6) is 0 Å². The van der Waals surface area contributed by atoms with Gasteiger partial charge in [-0.3, -0.25) is 10.1 Å². The van der Waals surface area contributed by atoms with E-state index in [1.807, 2.05) is 18.2 Å². The van der Waals surface area contributed by atoms with E-state index in [4.69, 9.17) is 4.74 Å². The monoisotopic (exact) mass is 348 g/mol. The van der Waals surface area contributed by atoms with Crippen LogP contribution < -0.4 is 5.32 Å². The third-order valence-electron chi connectivity index (χ3n) is 3.14. The molecule has 0 radical (unpaired) electrons. The molecule has 2 rings (SSSR count). The van der Waals surface area contributed by atoms with Crippen molar-refractivity contribution in [3.63, 3.8) is 0 Å². The van der Waals surface area contributed by atoms with Crippen molar-refractivity contribution in [2.75, 3.05) is 6.54 Å². The van der Waals surface area contributed by atoms with E-state index in [2.05, 4.69) is 5.32 Å². The van der Waals surface area contributed by atoms with Gasteiger partial charge in [0.2, 0.25) is 5.82 Å². The molecule has 130 valence electrons. The summed E-state index contributed by atoms with van der Waals surface area (Å²) < 4.78 is 31.8. The smallest absolute Gasteiger partial charge is 0.407 e. The standard InChI is InChI=1S/C17H14F2N2O4/c18-14-10-15(19)16(21(23)24)9-13(14)7-4-8-20-17(22)25-11-12-5-2-1-3-6-12/h1-7,9-10H,8,11H2,(H,20,22). The molecule has 0 bridgehead atoms. The van der Waals surface area contributed by atoms with Crippen molar-refractivity contribution < 1.29 is 23.2 Å². The van der Waals surface area contributed by atoms with Crippen LogP contribution in [0.15, 0.2) is 48.5 Å². The number of halogens is 2. The lowest BCUT2D eigenvalue weighted by Gasteiger charge is -2.05. The van der Waals surface area contributed by atoms with Crippen LogP contribution >= 0.6 is 0 Å². The molecule has 0 aromatic heterocycles. The minimum atomic E-state index is -1.25. The van der Waals surface area contributed by atoms with Gasteiger partial charge in [-0.15, -0.1) is 0 Å². The quantitative estimate of drug-likeness (QED) is 0.636. The van der Waals surface area contributed by atoms with Crippen LogP contribution in [0.3, 0.4) is 0 Å². The Morgan fingerprint density at radius 3 is 2.60 bits per heavy atom. The molecule has 8 heteroatoms. The lowest BCUT2D eigenvalue weighted by molar-refractivity contribution is -0.387. The van der Waals surface area contributed by atoms with Crippen molar-refractivity contribution in [2.24, 2.45) is 0 Å². The molecule has 0 heterocycles. The van der Waals surface area contributed by atoms with Gasteiger partial charge in [0.15, 0.2) is 0 Å². The Morgan fingerprint density at radius 1 is 1.20 bits per heavy atom. The Balaban J connectivity index is 1.86. The molecule has 0 saturated carbocycles. The Morgan fingerprint density at radius 2 is 1.92 bits per heavy atom. The van der Waals surface area contributed by atoms with Crippen LogP contribution in [0.1, 0.15) is 11.1 Å². The summed E-state index contributed by atoms with van der Waals surface area (Å²) in [6.45, 7) is 0.118. The highest BCUT2D eigenvalue weighted by molar-refractivity contribution is 5.67. The molecule has 0 spiro atoms. The van der Waals surface area contributed by atoms with Crippen molar-refractivity contribution in [1.29, 1.82) is 0 Å². The van der Waals surface area contributed by atoms with Gasteiger partial charge in [0.05, 0.1) is 4.92 Å². The molecule has 2 aromatic rings. The van der Waals surface area contributed by atoms with E-state index < -0.39 is 28.3 Å². The van der Waals surface area contributed by atoms with Gasteiger partial charge >= 0.3 is 11.8 Å². The molecule has 0 aliphatic carbocycles. The summed E-state index contributed by atoms with van der Waals surface area (Å²) in [6.07, 6.45) is 1.90. The molecule has 0 unspecified atom stereocenters. The Bertz CT molecular complexity index is 795. The number of benzene rings is 2. The fourth-order valence-electron chi connectivity index (χ4n) is 1.92. The van der Waals surface area contributed by atoms with Gasteiger partial charge in [-0.1, -0.05) is 42.5 Å². The van der Waals surface area contributed by atoms with Gasteiger partial charge in [0.25, 0.3) is 0 Å². The molecule has 2 aromatic carbocycles. The number of nitrogens with zero attached hydrogens (tertiary/aromatic N) is 1. The first-order valence-electron chi connectivity index (χ1n) is 7.22. The molecule has 6 nitrogen and oxygen atoms in total. The maximum atomic E-state index is 13.6. The molecular weight excluding hydrogens is 334 g/mol. The summed E-state index contributed by atoms with van der Waals surface area (Å²) in [5.74, 6) is -2.19. The summed E-state index contributed by atoms with van der Waals surface area (Å²) in [7, 11) is 0. The average molecular weight is 348 g/mol. The first-order valence-corrected chi connectivity index (χ1v) is 7.22. The third kappa shape index (κ3) is 5.38. The van der Waals surface area contributed by atoms with Crippen LogP contribution in [-0.2, 0) is 11.3 Å². The van der Waals surface area contributed by atoms with Crippen LogP contribution in [0.4, 0.5) is 19.3 Å². The van der Waals surface area contributed by atoms with E-state index in [1.54, 1.807) is 12.1 Å². The van der Waals surface area contributed by atoms with E-state index in [-0.39, 0.29) is 18.7 Å². The van der Waals surface area contributed by atoms with E-state index in [1.165, 1.54) is 12.2 Å². The molecule has 0 fully saturated rings. The third-order valence-corrected chi connectivity index (χ3v) is 3.14. The number of carbonyl (C=O) groups excluding carboxylic acids is 1. The Hall–Kier alpha value is -3.29. The summed E-state index contributed by atoms with van der Waals surface area (Å²) in [5.41, 5.74) is -0.155. The maximum absolute atomic E-state index is 13.6. The number of alkyl carbamates (subject to hydrolysis) is 1. The molecule has 0 saturated heterocycles. The first kappa shape index (κ1) is 18.1. The van der Waals surface area contributed by atoms with E-state index >= 15 is 0 Å². The largest absolute Gasteiger partial charge is 0.445 e. The zero-order chi connectivity index (χ0) is 18.2. The van der Waals surface area contributed by atoms with Gasteiger partial charge in [-0.2, -0.15) is 4.39 Å². The highest BCUT2D eigenvalue weighted by atomic mass is 19.1. The van der Waals surface area contributed by atoms with E-state index in [9.17, 15) is 23.7 Å². The first-order chi connectivity index (χ1) is 12.0. The van der Waals surface area contributed by atoms with Crippen molar-refractivity contribution >= 4 is 17.9 Å². The van der Waals surface area contributed by atoms with E-state index in [0.29, 0.717) is 6.07 Å². The highest BCUT2D eigenvalue weighted by Crippen LogP contribution is 2.22. The number of rotatable bonds is 6. The fourth-order valence-corrected chi connectivity index (χ4v) is 1.92. The zero-order valence-electron chi connectivity index (χ0n) is 12.9. The van der Waals surface area contributed by atoms with Crippen LogP contribution in [-0.4, -0.2) is 17.6 Å². The van der Waals surface area contributed by atoms with Crippen LogP contribution in [0, 0.1) is 21.7 Å². The number of nitro benzene ring substituents is 1. The number of nitro groups is 1. The average Bonchev–Trinajstić information content (AvgIpc) is 2.59. The molecular formula is C17H14F2N2O4. The number of carbonyl (C=O) groups is 1. The Kier molecular flexibility index (Phi) is 6.16. The minimum absolute atomic E-state index is 0.0121. The molecule has 1 amide bonds. The SMILES string of the molecule is O=C(NCC=Cc1cc([N+](=O)[O-])c(F)cc1F)OCc1ccccc1. The number of amides is 1. The number of ether oxygens (including phenoxy) is 1. The summed E-state index contributed by atoms with van der Waals surface area (Å²) in [4.78, 5) is 21.2. The van der Waals surface area contributed by atoms with Crippen molar-refractivity contribution in [3.8, 4) is 0 Å². The second-order valence-corrected chi connectivity index (χ2v) is 4.93. The predicted molar refractivity (Wildman–Crippen MR) is 86.7 cm³/mol. The molecule has 0 aliphatic rings. The van der Waals surface area contributed by atoms with Gasteiger partial charge < -0.3 is 10.1 Å². The number of nitrogens with one attached hydrogen (secondary N) is 1. The van der Waals surface area contributed by atoms with Gasteiger partial charge in [-0.05, 0) is 5.56 Å². The Labute approximate surface area is 141 Å². The molecule has 0 aliphatic heterocycles. The number of hydrogen-bond donors (Lipinski definition) is 1. The molecule has 1 N–H and O–H groups in total. The molecule has 25 heavy (non-hydrogen) atoms. The van der Waals surface area contributed by atoms with Crippen molar-refractivity contribution in [3.05, 3.63) is 81.4 Å². The minimum Gasteiger partial charge on any atom is -0.445 e. The topological polar surface area (TPSA) is 81.5 Å². The van der Waals surface area contributed by atoms with Gasteiger partial charge in [0, 0.05) is 24.2 Å². The summed E-state index contributed by atoms with van der Waals surface area (Å²) in [5, 5.41) is 13.1. The highest BCUT2D eigenvalue weighted by Gasteiger charge is 2.17. The van der Waals surface area contributed by atoms with Gasteiger partial charge in [0.1, 0.15) is 12.4 Å². The van der Waals surface area contributed by atoms with Crippen LogP contribution in [0.2, 0.25) is 0 Å². The van der Waals surface area contributed by atoms with Gasteiger partial charge in [-0.25, -0.2) is 9.18 Å². The lowest BCUT2D eigenvalue weighted by atomic mass is 10.1. The molecule has 0 atom stereocenters. The normalized spacial score (nSPS) is 10.6.